The monoisotopic (exact) mass is 492 g/mol. The van der Waals surface area contributed by atoms with Gasteiger partial charge in [0.25, 0.3) is 5.56 Å². The number of likely N-dealkylation sites (N-methyl/N-ethyl adjacent to an activating group) is 1. The number of H-pyrrole nitrogens is 1. The van der Waals surface area contributed by atoms with E-state index in [2.05, 4.69) is 42.7 Å². The van der Waals surface area contributed by atoms with E-state index in [0.29, 0.717) is 17.3 Å². The zero-order chi connectivity index (χ0) is 22.1. The summed E-state index contributed by atoms with van der Waals surface area (Å²) in [5, 5.41) is 10.7. The number of aliphatic hydroxyl groups excluding tert-OH is 1. The first kappa shape index (κ1) is 21.6. The number of aromatic nitrogens is 4. The van der Waals surface area contributed by atoms with E-state index in [0.717, 1.165) is 30.7 Å². The van der Waals surface area contributed by atoms with Crippen molar-refractivity contribution in [2.75, 3.05) is 44.7 Å². The van der Waals surface area contributed by atoms with Gasteiger partial charge in [0.15, 0.2) is 11.2 Å². The van der Waals surface area contributed by atoms with Gasteiger partial charge < -0.3 is 24.2 Å². The number of aryl methyl sites for hydroxylation is 1. The zero-order valence-corrected chi connectivity index (χ0v) is 19.0. The molecule has 1 fully saturated rings. The van der Waals surface area contributed by atoms with Crippen LogP contribution >= 0.6 is 15.9 Å². The van der Waals surface area contributed by atoms with Gasteiger partial charge in [0.05, 0.1) is 6.54 Å². The van der Waals surface area contributed by atoms with E-state index >= 15 is 0 Å². The molecule has 0 amide bonds. The number of nitrogens with zero attached hydrogens (tertiary/aromatic N) is 5. The number of aromatic amines is 1. The van der Waals surface area contributed by atoms with Crippen molar-refractivity contribution in [3.8, 4) is 5.75 Å². The van der Waals surface area contributed by atoms with Gasteiger partial charge in [-0.3, -0.25) is 14.3 Å². The highest BCUT2D eigenvalue weighted by Crippen LogP contribution is 2.22. The quantitative estimate of drug-likeness (QED) is 0.511. The number of fused-ring (bicyclic) bond motifs is 1. The molecule has 3 heterocycles. The topological polar surface area (TPSA) is 109 Å². The van der Waals surface area contributed by atoms with Crippen LogP contribution in [0.2, 0.25) is 0 Å². The largest absolute Gasteiger partial charge is 0.491 e. The van der Waals surface area contributed by atoms with Crippen LogP contribution in [0.25, 0.3) is 11.2 Å². The Kier molecular flexibility index (Phi) is 6.17. The third-order valence-electron chi connectivity index (χ3n) is 5.42. The van der Waals surface area contributed by atoms with Crippen LogP contribution in [0.1, 0.15) is 0 Å². The average molecular weight is 493 g/mol. The lowest BCUT2D eigenvalue weighted by Gasteiger charge is -2.33. The van der Waals surface area contributed by atoms with Gasteiger partial charge in [0, 0.05) is 37.7 Å². The SMILES string of the molecule is CN1CCN(c2nc3c(c(=O)[nH]c(=O)n3C)n2C[C@@H](O)COc2ccc(Br)cc2)CC1. The number of imidazole rings is 1. The van der Waals surface area contributed by atoms with Crippen LogP contribution in [0.15, 0.2) is 38.3 Å². The highest BCUT2D eigenvalue weighted by atomic mass is 79.9. The van der Waals surface area contributed by atoms with Crippen LogP contribution in [0.5, 0.6) is 5.75 Å². The van der Waals surface area contributed by atoms with Crippen LogP contribution < -0.4 is 20.9 Å². The summed E-state index contributed by atoms with van der Waals surface area (Å²) in [7, 11) is 3.62. The Hall–Kier alpha value is -2.63. The van der Waals surface area contributed by atoms with Crippen molar-refractivity contribution in [3.63, 3.8) is 0 Å². The number of hydrogen-bond donors (Lipinski definition) is 2. The summed E-state index contributed by atoms with van der Waals surface area (Å²) in [6.07, 6.45) is -0.885. The standard InChI is InChI=1S/C20H25BrN6O4/c1-24-7-9-26(10-8-24)19-22-17-16(18(29)23-20(30)25(17)2)27(19)11-14(28)12-31-15-5-3-13(21)4-6-15/h3-6,14,28H,7-12H2,1-2H3,(H,23,29,30)/t14-/m1/s1. The Morgan fingerprint density at radius 2 is 1.84 bits per heavy atom. The fourth-order valence-electron chi connectivity index (χ4n) is 3.63. The molecule has 3 aromatic rings. The minimum atomic E-state index is -0.885. The smallest absolute Gasteiger partial charge is 0.329 e. The molecule has 166 valence electrons. The minimum absolute atomic E-state index is 0.0488. The third-order valence-corrected chi connectivity index (χ3v) is 5.95. The number of anilines is 1. The van der Waals surface area contributed by atoms with Gasteiger partial charge in [-0.25, -0.2) is 4.79 Å². The van der Waals surface area contributed by atoms with Gasteiger partial charge in [0.2, 0.25) is 5.95 Å². The molecule has 11 heteroatoms. The van der Waals surface area contributed by atoms with Crippen molar-refractivity contribution in [1.29, 1.82) is 0 Å². The van der Waals surface area contributed by atoms with Gasteiger partial charge in [0.1, 0.15) is 18.5 Å². The Morgan fingerprint density at radius 1 is 1.16 bits per heavy atom. The van der Waals surface area contributed by atoms with Crippen LogP contribution in [-0.4, -0.2) is 75.0 Å². The third kappa shape index (κ3) is 4.53. The first-order valence-electron chi connectivity index (χ1n) is 10.0. The Morgan fingerprint density at radius 3 is 2.52 bits per heavy atom. The molecule has 0 bridgehead atoms. The van der Waals surface area contributed by atoms with Crippen LogP contribution in [0.4, 0.5) is 5.95 Å². The molecule has 0 spiro atoms. The van der Waals surface area contributed by atoms with E-state index in [1.54, 1.807) is 23.7 Å². The summed E-state index contributed by atoms with van der Waals surface area (Å²) in [4.78, 5) is 35.9. The highest BCUT2D eigenvalue weighted by Gasteiger charge is 2.25. The molecule has 1 atom stereocenters. The maximum Gasteiger partial charge on any atom is 0.329 e. The molecule has 10 nitrogen and oxygen atoms in total. The molecule has 2 N–H and O–H groups in total. The second kappa shape index (κ2) is 8.85. The number of hydrogen-bond acceptors (Lipinski definition) is 7. The van der Waals surface area contributed by atoms with E-state index in [1.807, 2.05) is 12.1 Å². The summed E-state index contributed by atoms with van der Waals surface area (Å²) < 4.78 is 9.63. The van der Waals surface area contributed by atoms with E-state index in [4.69, 9.17) is 4.74 Å². The zero-order valence-electron chi connectivity index (χ0n) is 17.4. The van der Waals surface area contributed by atoms with Crippen molar-refractivity contribution in [1.82, 2.24) is 24.0 Å². The lowest BCUT2D eigenvalue weighted by molar-refractivity contribution is 0.0935. The van der Waals surface area contributed by atoms with Gasteiger partial charge >= 0.3 is 5.69 Å². The van der Waals surface area contributed by atoms with Crippen LogP contribution in [-0.2, 0) is 13.6 Å². The Bertz CT molecular complexity index is 1180. The average Bonchev–Trinajstić information content (AvgIpc) is 3.12. The lowest BCUT2D eigenvalue weighted by atomic mass is 10.3. The molecule has 1 saturated heterocycles. The molecule has 31 heavy (non-hydrogen) atoms. The molecular formula is C20H25BrN6O4. The van der Waals surface area contributed by atoms with E-state index in [-0.39, 0.29) is 18.7 Å². The van der Waals surface area contributed by atoms with Crippen molar-refractivity contribution < 1.29 is 9.84 Å². The molecule has 0 unspecified atom stereocenters. The summed E-state index contributed by atoms with van der Waals surface area (Å²) in [6, 6.07) is 7.33. The Labute approximate surface area is 186 Å². The van der Waals surface area contributed by atoms with Crippen molar-refractivity contribution in [3.05, 3.63) is 49.6 Å². The molecule has 1 aliphatic rings. The maximum atomic E-state index is 12.6. The van der Waals surface area contributed by atoms with Gasteiger partial charge in [-0.15, -0.1) is 0 Å². The van der Waals surface area contributed by atoms with Crippen molar-refractivity contribution in [2.45, 2.75) is 12.6 Å². The number of nitrogens with one attached hydrogen (secondary N) is 1. The molecule has 0 saturated carbocycles. The summed E-state index contributed by atoms with van der Waals surface area (Å²) in [6.45, 7) is 3.33. The molecular weight excluding hydrogens is 468 g/mol. The summed E-state index contributed by atoms with van der Waals surface area (Å²) >= 11 is 3.38. The van der Waals surface area contributed by atoms with Crippen molar-refractivity contribution in [2.24, 2.45) is 7.05 Å². The number of piperazine rings is 1. The number of aliphatic hydroxyl groups is 1. The lowest BCUT2D eigenvalue weighted by Crippen LogP contribution is -2.45. The number of benzene rings is 1. The van der Waals surface area contributed by atoms with Gasteiger partial charge in [-0.2, -0.15) is 4.98 Å². The highest BCUT2D eigenvalue weighted by molar-refractivity contribution is 9.10. The first-order valence-corrected chi connectivity index (χ1v) is 10.8. The van der Waals surface area contributed by atoms with Crippen LogP contribution in [0.3, 0.4) is 0 Å². The van der Waals surface area contributed by atoms with E-state index in [9.17, 15) is 14.7 Å². The van der Waals surface area contributed by atoms with Gasteiger partial charge in [-0.1, -0.05) is 15.9 Å². The fourth-order valence-corrected chi connectivity index (χ4v) is 3.89. The normalized spacial score (nSPS) is 16.1. The summed E-state index contributed by atoms with van der Waals surface area (Å²) in [5.41, 5.74) is -0.486. The van der Waals surface area contributed by atoms with Gasteiger partial charge in [-0.05, 0) is 31.3 Å². The maximum absolute atomic E-state index is 12.6. The second-order valence-electron chi connectivity index (χ2n) is 7.72. The Balaban J connectivity index is 1.65. The number of halogens is 1. The predicted molar refractivity (Wildman–Crippen MR) is 121 cm³/mol. The van der Waals surface area contributed by atoms with Crippen molar-refractivity contribution >= 4 is 33.0 Å². The number of ether oxygens (including phenoxy) is 1. The fraction of sp³-hybridized carbons (Fsp3) is 0.450. The predicted octanol–water partition coefficient (Wildman–Crippen LogP) is 0.378. The molecule has 1 aromatic carbocycles. The minimum Gasteiger partial charge on any atom is -0.491 e. The van der Waals surface area contributed by atoms with Crippen LogP contribution in [0, 0.1) is 0 Å². The molecule has 4 rings (SSSR count). The molecule has 2 aromatic heterocycles. The number of rotatable bonds is 6. The molecule has 1 aliphatic heterocycles. The second-order valence-corrected chi connectivity index (χ2v) is 8.64. The summed E-state index contributed by atoms with van der Waals surface area (Å²) in [5.74, 6) is 1.20. The molecule has 0 radical (unpaired) electrons. The van der Waals surface area contributed by atoms with E-state index < -0.39 is 17.4 Å². The molecule has 0 aliphatic carbocycles. The first-order chi connectivity index (χ1) is 14.8. The van der Waals surface area contributed by atoms with E-state index in [1.165, 1.54) is 4.57 Å².